The first kappa shape index (κ1) is 14.0. The molecule has 116 valence electrons. The lowest BCUT2D eigenvalue weighted by Crippen LogP contribution is -2.48. The van der Waals surface area contributed by atoms with Gasteiger partial charge in [0.05, 0.1) is 12.3 Å². The van der Waals surface area contributed by atoms with Crippen molar-refractivity contribution in [3.8, 4) is 0 Å². The summed E-state index contributed by atoms with van der Waals surface area (Å²) in [6.07, 6.45) is 8.69. The summed E-state index contributed by atoms with van der Waals surface area (Å²) >= 11 is 1.77. The van der Waals surface area contributed by atoms with Gasteiger partial charge in [-0.2, -0.15) is 0 Å². The molecule has 1 N–H and O–H groups in total. The lowest BCUT2D eigenvalue weighted by molar-refractivity contribution is -0.00688. The van der Waals surface area contributed by atoms with Gasteiger partial charge in [-0.15, -0.1) is 11.3 Å². The molecule has 0 saturated heterocycles. The van der Waals surface area contributed by atoms with Crippen LogP contribution < -0.4 is 5.32 Å². The summed E-state index contributed by atoms with van der Waals surface area (Å²) in [6.45, 7) is 2.88. The highest BCUT2D eigenvalue weighted by Crippen LogP contribution is 2.60. The maximum atomic E-state index is 5.20. The van der Waals surface area contributed by atoms with Crippen LogP contribution in [0.3, 0.4) is 0 Å². The van der Waals surface area contributed by atoms with E-state index in [0.29, 0.717) is 11.5 Å². The fraction of sp³-hybridized carbons (Fsp3) is 0.824. The van der Waals surface area contributed by atoms with Crippen molar-refractivity contribution in [1.82, 2.24) is 4.98 Å². The average molecular weight is 306 g/mol. The van der Waals surface area contributed by atoms with Crippen molar-refractivity contribution in [2.45, 2.75) is 56.9 Å². The van der Waals surface area contributed by atoms with Gasteiger partial charge in [0.15, 0.2) is 5.13 Å². The summed E-state index contributed by atoms with van der Waals surface area (Å²) in [5, 5.41) is 6.88. The Morgan fingerprint density at radius 3 is 2.48 bits per heavy atom. The predicted molar refractivity (Wildman–Crippen MR) is 86.9 cm³/mol. The number of methoxy groups -OCH3 is 1. The van der Waals surface area contributed by atoms with Crippen LogP contribution in [-0.4, -0.2) is 24.7 Å². The van der Waals surface area contributed by atoms with Gasteiger partial charge in [-0.3, -0.25) is 0 Å². The van der Waals surface area contributed by atoms with Crippen molar-refractivity contribution in [2.75, 3.05) is 19.0 Å². The van der Waals surface area contributed by atoms with E-state index in [4.69, 9.17) is 9.72 Å². The summed E-state index contributed by atoms with van der Waals surface area (Å²) in [5.41, 5.74) is 1.81. The van der Waals surface area contributed by atoms with Crippen molar-refractivity contribution >= 4 is 16.5 Å². The van der Waals surface area contributed by atoms with Gasteiger partial charge in [-0.05, 0) is 63.2 Å². The molecule has 4 bridgehead atoms. The van der Waals surface area contributed by atoms with E-state index in [0.717, 1.165) is 29.5 Å². The zero-order valence-electron chi connectivity index (χ0n) is 13.1. The molecule has 4 fully saturated rings. The van der Waals surface area contributed by atoms with Crippen LogP contribution in [-0.2, 0) is 10.2 Å². The molecule has 4 heteroatoms. The number of nitrogens with zero attached hydrogens (tertiary/aromatic N) is 1. The number of hydrogen-bond acceptors (Lipinski definition) is 4. The lowest BCUT2D eigenvalue weighted by Gasteiger charge is -2.56. The van der Waals surface area contributed by atoms with Crippen LogP contribution in [0.4, 0.5) is 5.13 Å². The van der Waals surface area contributed by atoms with Gasteiger partial charge in [-0.25, -0.2) is 4.98 Å². The summed E-state index contributed by atoms with van der Waals surface area (Å²) in [6, 6.07) is 0.324. The van der Waals surface area contributed by atoms with Crippen molar-refractivity contribution < 1.29 is 4.74 Å². The lowest BCUT2D eigenvalue weighted by atomic mass is 9.49. The zero-order chi connectivity index (χ0) is 14.4. The first-order valence-electron chi connectivity index (χ1n) is 8.38. The monoisotopic (exact) mass is 306 g/mol. The maximum absolute atomic E-state index is 5.20. The number of aromatic nitrogens is 1. The van der Waals surface area contributed by atoms with Gasteiger partial charge in [0.25, 0.3) is 0 Å². The summed E-state index contributed by atoms with van der Waals surface area (Å²) in [5.74, 6) is 2.96. The largest absolute Gasteiger partial charge is 0.383 e. The third-order valence-electron chi connectivity index (χ3n) is 5.87. The third-order valence-corrected chi connectivity index (χ3v) is 6.65. The van der Waals surface area contributed by atoms with Gasteiger partial charge >= 0.3 is 0 Å². The molecule has 1 aromatic rings. The zero-order valence-corrected chi connectivity index (χ0v) is 13.9. The normalized spacial score (nSPS) is 38.7. The van der Waals surface area contributed by atoms with E-state index in [9.17, 15) is 0 Å². The minimum atomic E-state index is 0.324. The number of ether oxygens (including phenoxy) is 1. The van der Waals surface area contributed by atoms with Crippen LogP contribution in [0, 0.1) is 17.8 Å². The molecule has 4 aliphatic rings. The van der Waals surface area contributed by atoms with E-state index in [1.165, 1.54) is 44.2 Å². The van der Waals surface area contributed by atoms with Gasteiger partial charge in [0, 0.05) is 23.9 Å². The van der Waals surface area contributed by atoms with Crippen LogP contribution in [0.5, 0.6) is 0 Å². The minimum Gasteiger partial charge on any atom is -0.383 e. The Labute approximate surface area is 131 Å². The molecule has 4 saturated carbocycles. The molecule has 1 aromatic heterocycles. The van der Waals surface area contributed by atoms with Gasteiger partial charge in [0.2, 0.25) is 0 Å². The first-order valence-corrected chi connectivity index (χ1v) is 9.26. The highest BCUT2D eigenvalue weighted by atomic mass is 32.1. The first-order chi connectivity index (χ1) is 10.2. The van der Waals surface area contributed by atoms with Crippen molar-refractivity contribution in [3.05, 3.63) is 11.1 Å². The standard InChI is InChI=1S/C17H26N2OS/c1-11(9-20-2)18-16-19-15(10-21-16)17-6-12-3-13(7-17)5-14(4-12)8-17/h10-14H,3-9H2,1-2H3,(H,18,19)/t11-,12?,13?,14?,17?/m1/s1. The molecular weight excluding hydrogens is 280 g/mol. The van der Waals surface area contributed by atoms with E-state index in [1.54, 1.807) is 18.4 Å². The number of hydrogen-bond donors (Lipinski definition) is 1. The number of anilines is 1. The van der Waals surface area contributed by atoms with Crippen LogP contribution in [0.2, 0.25) is 0 Å². The quantitative estimate of drug-likeness (QED) is 0.891. The Balaban J connectivity index is 1.53. The highest BCUT2D eigenvalue weighted by Gasteiger charge is 2.52. The van der Waals surface area contributed by atoms with Crippen LogP contribution >= 0.6 is 11.3 Å². The fourth-order valence-electron chi connectivity index (χ4n) is 5.51. The van der Waals surface area contributed by atoms with E-state index in [2.05, 4.69) is 17.6 Å². The Hall–Kier alpha value is -0.610. The number of rotatable bonds is 5. The molecule has 5 rings (SSSR count). The Morgan fingerprint density at radius 2 is 1.90 bits per heavy atom. The van der Waals surface area contributed by atoms with Gasteiger partial charge in [0.1, 0.15) is 0 Å². The van der Waals surface area contributed by atoms with Crippen LogP contribution in [0.25, 0.3) is 0 Å². The number of nitrogens with one attached hydrogen (secondary N) is 1. The minimum absolute atomic E-state index is 0.324. The smallest absolute Gasteiger partial charge is 0.183 e. The molecule has 4 aliphatic carbocycles. The molecule has 0 unspecified atom stereocenters. The van der Waals surface area contributed by atoms with E-state index in [1.807, 2.05) is 0 Å². The van der Waals surface area contributed by atoms with Gasteiger partial charge in [-0.1, -0.05) is 0 Å². The topological polar surface area (TPSA) is 34.1 Å². The van der Waals surface area contributed by atoms with E-state index >= 15 is 0 Å². The second kappa shape index (κ2) is 5.24. The summed E-state index contributed by atoms with van der Waals surface area (Å²) < 4.78 is 5.20. The fourth-order valence-corrected chi connectivity index (χ4v) is 6.46. The Bertz CT molecular complexity index is 477. The molecule has 1 atom stereocenters. The maximum Gasteiger partial charge on any atom is 0.183 e. The molecule has 0 aromatic carbocycles. The second-order valence-corrected chi connectivity index (χ2v) is 8.59. The van der Waals surface area contributed by atoms with Crippen LogP contribution in [0.15, 0.2) is 5.38 Å². The van der Waals surface area contributed by atoms with Crippen molar-refractivity contribution in [2.24, 2.45) is 17.8 Å². The van der Waals surface area contributed by atoms with E-state index in [-0.39, 0.29) is 0 Å². The predicted octanol–water partition coefficient (Wildman–Crippen LogP) is 4.06. The summed E-state index contributed by atoms with van der Waals surface area (Å²) in [4.78, 5) is 4.97. The average Bonchev–Trinajstić information content (AvgIpc) is 2.86. The molecule has 0 aliphatic heterocycles. The molecule has 21 heavy (non-hydrogen) atoms. The molecule has 0 spiro atoms. The van der Waals surface area contributed by atoms with Crippen molar-refractivity contribution in [1.29, 1.82) is 0 Å². The molecular formula is C17H26N2OS. The molecule has 1 heterocycles. The van der Waals surface area contributed by atoms with Crippen molar-refractivity contribution in [3.63, 3.8) is 0 Å². The van der Waals surface area contributed by atoms with Crippen LogP contribution in [0.1, 0.15) is 51.1 Å². The highest BCUT2D eigenvalue weighted by molar-refractivity contribution is 7.13. The second-order valence-electron chi connectivity index (χ2n) is 7.74. The van der Waals surface area contributed by atoms with Gasteiger partial charge < -0.3 is 10.1 Å². The SMILES string of the molecule is COC[C@@H](C)Nc1nc(C23CC4CC(CC(C4)C2)C3)cs1. The summed E-state index contributed by atoms with van der Waals surface area (Å²) in [7, 11) is 1.75. The molecule has 3 nitrogen and oxygen atoms in total. The molecule has 0 radical (unpaired) electrons. The Kier molecular flexibility index (Phi) is 3.49. The number of thiazole rings is 1. The van der Waals surface area contributed by atoms with E-state index < -0.39 is 0 Å². The Morgan fingerprint density at radius 1 is 1.29 bits per heavy atom. The molecule has 0 amide bonds. The third kappa shape index (κ3) is 2.50.